The third-order valence-corrected chi connectivity index (χ3v) is 5.57. The lowest BCUT2D eigenvalue weighted by Gasteiger charge is -2.38. The molecule has 2 fully saturated rings. The Kier molecular flexibility index (Phi) is 3.25. The highest BCUT2D eigenvalue weighted by Gasteiger charge is 2.35. The molecule has 122 valence electrons. The van der Waals surface area contributed by atoms with Gasteiger partial charge in [0.05, 0.1) is 0 Å². The highest BCUT2D eigenvalue weighted by atomic mass is 15.4. The highest BCUT2D eigenvalue weighted by molar-refractivity contribution is 5.59. The average Bonchev–Trinajstić information content (AvgIpc) is 3.28. The fraction of sp³-hybridized carbons (Fsp3) is 0.421. The summed E-state index contributed by atoms with van der Waals surface area (Å²) in [7, 11) is 0. The predicted octanol–water partition coefficient (Wildman–Crippen LogP) is 3.56. The van der Waals surface area contributed by atoms with Crippen LogP contribution in [0, 0.1) is 5.92 Å². The van der Waals surface area contributed by atoms with Crippen LogP contribution in [0.4, 0.5) is 5.82 Å². The van der Waals surface area contributed by atoms with E-state index in [1.165, 1.54) is 32.1 Å². The SMILES string of the molecule is c1ccc(-c2nnc3ccc(N4CCCC5CCCC54)nn23)cc1. The standard InChI is InChI=1S/C19H21N5/c1-2-6-15(7-3-1)19-21-20-17-11-12-18(22-24(17)19)23-13-5-9-14-8-4-10-16(14)23/h1-3,6-7,11-12,14,16H,4-5,8-10,13H2. The first-order valence-corrected chi connectivity index (χ1v) is 8.95. The van der Waals surface area contributed by atoms with Gasteiger partial charge < -0.3 is 4.90 Å². The summed E-state index contributed by atoms with van der Waals surface area (Å²) in [4.78, 5) is 2.52. The number of hydrogen-bond donors (Lipinski definition) is 0. The number of aromatic nitrogens is 4. The van der Waals surface area contributed by atoms with Gasteiger partial charge in [0.25, 0.3) is 0 Å². The van der Waals surface area contributed by atoms with Crippen LogP contribution in [0.1, 0.15) is 32.1 Å². The van der Waals surface area contributed by atoms with Crippen LogP contribution in [0.2, 0.25) is 0 Å². The van der Waals surface area contributed by atoms with Crippen LogP contribution in [-0.2, 0) is 0 Å². The topological polar surface area (TPSA) is 46.3 Å². The molecule has 0 amide bonds. The molecule has 2 aromatic heterocycles. The monoisotopic (exact) mass is 319 g/mol. The first-order valence-electron chi connectivity index (χ1n) is 8.95. The Hall–Kier alpha value is -2.43. The first kappa shape index (κ1) is 14.0. The largest absolute Gasteiger partial charge is 0.352 e. The van der Waals surface area contributed by atoms with Crippen molar-refractivity contribution >= 4 is 11.5 Å². The second kappa shape index (κ2) is 5.58. The Bertz CT molecular complexity index is 857. The zero-order valence-corrected chi connectivity index (χ0v) is 13.7. The van der Waals surface area contributed by atoms with Crippen LogP contribution >= 0.6 is 0 Å². The molecule has 24 heavy (non-hydrogen) atoms. The van der Waals surface area contributed by atoms with Crippen LogP contribution < -0.4 is 4.90 Å². The molecule has 5 nitrogen and oxygen atoms in total. The van der Waals surface area contributed by atoms with Crippen LogP contribution in [0.5, 0.6) is 0 Å². The van der Waals surface area contributed by atoms with E-state index in [-0.39, 0.29) is 0 Å². The van der Waals surface area contributed by atoms with Crippen molar-refractivity contribution in [1.82, 2.24) is 19.8 Å². The molecular formula is C19H21N5. The van der Waals surface area contributed by atoms with Gasteiger partial charge in [0.2, 0.25) is 0 Å². The summed E-state index contributed by atoms with van der Waals surface area (Å²) in [6.07, 6.45) is 6.69. The molecule has 5 heteroatoms. The molecule has 3 aromatic rings. The van der Waals surface area contributed by atoms with Crippen molar-refractivity contribution in [1.29, 1.82) is 0 Å². The normalized spacial score (nSPS) is 23.6. The van der Waals surface area contributed by atoms with Crippen molar-refractivity contribution in [3.63, 3.8) is 0 Å². The lowest BCUT2D eigenvalue weighted by molar-refractivity contribution is 0.359. The molecular weight excluding hydrogens is 298 g/mol. The van der Waals surface area contributed by atoms with Gasteiger partial charge in [-0.05, 0) is 43.7 Å². The molecule has 0 radical (unpaired) electrons. The first-order chi connectivity index (χ1) is 11.9. The fourth-order valence-electron chi connectivity index (χ4n) is 4.44. The maximum Gasteiger partial charge on any atom is 0.185 e. The molecule has 2 aliphatic rings. The van der Waals surface area contributed by atoms with E-state index in [2.05, 4.69) is 33.3 Å². The average molecular weight is 319 g/mol. The van der Waals surface area contributed by atoms with Gasteiger partial charge in [0.15, 0.2) is 11.5 Å². The number of fused-ring (bicyclic) bond motifs is 2. The van der Waals surface area contributed by atoms with E-state index in [0.29, 0.717) is 6.04 Å². The van der Waals surface area contributed by atoms with Gasteiger partial charge in [-0.25, -0.2) is 0 Å². The molecule has 0 spiro atoms. The zero-order valence-electron chi connectivity index (χ0n) is 13.7. The van der Waals surface area contributed by atoms with Crippen molar-refractivity contribution in [2.24, 2.45) is 5.92 Å². The van der Waals surface area contributed by atoms with E-state index in [1.807, 2.05) is 28.8 Å². The van der Waals surface area contributed by atoms with E-state index in [0.717, 1.165) is 35.3 Å². The van der Waals surface area contributed by atoms with Gasteiger partial charge in [-0.2, -0.15) is 4.52 Å². The second-order valence-electron chi connectivity index (χ2n) is 6.95. The summed E-state index contributed by atoms with van der Waals surface area (Å²) in [5.74, 6) is 2.73. The Morgan fingerprint density at radius 2 is 1.75 bits per heavy atom. The summed E-state index contributed by atoms with van der Waals surface area (Å²) in [5, 5.41) is 13.5. The number of anilines is 1. The van der Waals surface area contributed by atoms with Crippen molar-refractivity contribution in [2.45, 2.75) is 38.1 Å². The molecule has 1 aliphatic carbocycles. The molecule has 1 aliphatic heterocycles. The molecule has 0 N–H and O–H groups in total. The van der Waals surface area contributed by atoms with Crippen molar-refractivity contribution in [3.8, 4) is 11.4 Å². The summed E-state index contributed by atoms with van der Waals surface area (Å²) < 4.78 is 1.89. The minimum atomic E-state index is 0.667. The molecule has 1 aromatic carbocycles. The lowest BCUT2D eigenvalue weighted by atomic mass is 9.92. The Morgan fingerprint density at radius 3 is 2.67 bits per heavy atom. The lowest BCUT2D eigenvalue weighted by Crippen LogP contribution is -2.43. The van der Waals surface area contributed by atoms with E-state index >= 15 is 0 Å². The van der Waals surface area contributed by atoms with Gasteiger partial charge in [-0.1, -0.05) is 36.8 Å². The molecule has 3 heterocycles. The van der Waals surface area contributed by atoms with Crippen molar-refractivity contribution in [2.75, 3.05) is 11.4 Å². The molecule has 2 atom stereocenters. The van der Waals surface area contributed by atoms with Gasteiger partial charge in [-0.3, -0.25) is 0 Å². The second-order valence-corrected chi connectivity index (χ2v) is 6.95. The van der Waals surface area contributed by atoms with E-state index in [1.54, 1.807) is 0 Å². The third-order valence-electron chi connectivity index (χ3n) is 5.57. The predicted molar refractivity (Wildman–Crippen MR) is 93.9 cm³/mol. The smallest absolute Gasteiger partial charge is 0.185 e. The van der Waals surface area contributed by atoms with E-state index < -0.39 is 0 Å². The number of benzene rings is 1. The van der Waals surface area contributed by atoms with Crippen LogP contribution in [0.15, 0.2) is 42.5 Å². The highest BCUT2D eigenvalue weighted by Crippen LogP contribution is 2.38. The fourth-order valence-corrected chi connectivity index (χ4v) is 4.44. The summed E-state index contributed by atoms with van der Waals surface area (Å²) in [6, 6.07) is 15.0. The quantitative estimate of drug-likeness (QED) is 0.724. The van der Waals surface area contributed by atoms with Gasteiger partial charge >= 0.3 is 0 Å². The van der Waals surface area contributed by atoms with Gasteiger partial charge in [0.1, 0.15) is 5.82 Å². The minimum absolute atomic E-state index is 0.667. The molecule has 5 rings (SSSR count). The Labute approximate surface area is 141 Å². The number of nitrogens with zero attached hydrogens (tertiary/aromatic N) is 5. The molecule has 1 saturated carbocycles. The number of hydrogen-bond acceptors (Lipinski definition) is 4. The summed E-state index contributed by atoms with van der Waals surface area (Å²) >= 11 is 0. The van der Waals surface area contributed by atoms with Gasteiger partial charge in [-0.15, -0.1) is 15.3 Å². The number of rotatable bonds is 2. The van der Waals surface area contributed by atoms with Crippen molar-refractivity contribution < 1.29 is 0 Å². The van der Waals surface area contributed by atoms with E-state index in [4.69, 9.17) is 5.10 Å². The molecule has 1 saturated heterocycles. The zero-order chi connectivity index (χ0) is 15.9. The Morgan fingerprint density at radius 1 is 0.875 bits per heavy atom. The molecule has 2 unspecified atom stereocenters. The van der Waals surface area contributed by atoms with Crippen molar-refractivity contribution in [3.05, 3.63) is 42.5 Å². The maximum atomic E-state index is 4.91. The number of piperidine rings is 1. The molecule has 0 bridgehead atoms. The summed E-state index contributed by atoms with van der Waals surface area (Å²) in [6.45, 7) is 1.11. The third kappa shape index (κ3) is 2.19. The van der Waals surface area contributed by atoms with Crippen LogP contribution in [0.25, 0.3) is 17.0 Å². The van der Waals surface area contributed by atoms with Crippen LogP contribution in [-0.4, -0.2) is 32.4 Å². The van der Waals surface area contributed by atoms with E-state index in [9.17, 15) is 0 Å². The summed E-state index contributed by atoms with van der Waals surface area (Å²) in [5.41, 5.74) is 1.85. The minimum Gasteiger partial charge on any atom is -0.352 e. The van der Waals surface area contributed by atoms with Crippen LogP contribution in [0.3, 0.4) is 0 Å². The maximum absolute atomic E-state index is 4.91. The van der Waals surface area contributed by atoms with Gasteiger partial charge in [0, 0.05) is 18.2 Å². The Balaban J connectivity index is 1.58.